The maximum absolute atomic E-state index is 12.8. The second-order valence-electron chi connectivity index (χ2n) is 6.07. The summed E-state index contributed by atoms with van der Waals surface area (Å²) in [5, 5.41) is 0. The van der Waals surface area contributed by atoms with E-state index >= 15 is 0 Å². The van der Waals surface area contributed by atoms with E-state index in [9.17, 15) is 4.79 Å². The van der Waals surface area contributed by atoms with Crippen LogP contribution < -0.4 is 10.6 Å². The highest BCUT2D eigenvalue weighted by Crippen LogP contribution is 2.32. The Morgan fingerprint density at radius 2 is 2.00 bits per heavy atom. The zero-order valence-electron chi connectivity index (χ0n) is 12.9. The number of anilines is 1. The molecule has 0 heterocycles. The first-order chi connectivity index (χ1) is 9.54. The van der Waals surface area contributed by atoms with Gasteiger partial charge < -0.3 is 10.6 Å². The third kappa shape index (κ3) is 3.04. The second kappa shape index (κ2) is 6.40. The van der Waals surface area contributed by atoms with Crippen molar-refractivity contribution in [1.82, 2.24) is 0 Å². The fourth-order valence-corrected chi connectivity index (χ4v) is 3.36. The molecular weight excluding hydrogens is 248 g/mol. The van der Waals surface area contributed by atoms with Gasteiger partial charge in [0.1, 0.15) is 0 Å². The van der Waals surface area contributed by atoms with Gasteiger partial charge in [0.25, 0.3) is 0 Å². The summed E-state index contributed by atoms with van der Waals surface area (Å²) in [7, 11) is 1.89. The summed E-state index contributed by atoms with van der Waals surface area (Å²) >= 11 is 0. The van der Waals surface area contributed by atoms with Crippen molar-refractivity contribution in [3.8, 4) is 0 Å². The normalized spacial score (nSPS) is 22.6. The fourth-order valence-electron chi connectivity index (χ4n) is 3.36. The van der Waals surface area contributed by atoms with Crippen molar-refractivity contribution in [3.63, 3.8) is 0 Å². The molecule has 3 heteroatoms. The van der Waals surface area contributed by atoms with Gasteiger partial charge in [-0.2, -0.15) is 0 Å². The monoisotopic (exact) mass is 274 g/mol. The SMILES string of the molecule is Cc1ccc(N(C)C(=O)C2CCCCC2CN)c(C)c1. The van der Waals surface area contributed by atoms with E-state index in [2.05, 4.69) is 26.0 Å². The zero-order valence-corrected chi connectivity index (χ0v) is 12.9. The van der Waals surface area contributed by atoms with Crippen LogP contribution in [-0.2, 0) is 4.79 Å². The molecule has 2 rings (SSSR count). The lowest BCUT2D eigenvalue weighted by Gasteiger charge is -2.33. The van der Waals surface area contributed by atoms with Crippen LogP contribution in [0.5, 0.6) is 0 Å². The Balaban J connectivity index is 2.18. The van der Waals surface area contributed by atoms with Crippen molar-refractivity contribution >= 4 is 11.6 Å². The average molecular weight is 274 g/mol. The third-order valence-corrected chi connectivity index (χ3v) is 4.57. The molecule has 0 bridgehead atoms. The number of aryl methyl sites for hydroxylation is 2. The van der Waals surface area contributed by atoms with Crippen molar-refractivity contribution < 1.29 is 4.79 Å². The number of benzene rings is 1. The first kappa shape index (κ1) is 15.0. The predicted octanol–water partition coefficient (Wildman–Crippen LogP) is 3.03. The van der Waals surface area contributed by atoms with Crippen molar-refractivity contribution in [2.24, 2.45) is 17.6 Å². The molecule has 1 saturated carbocycles. The quantitative estimate of drug-likeness (QED) is 0.921. The van der Waals surface area contributed by atoms with Gasteiger partial charge in [0.2, 0.25) is 5.91 Å². The predicted molar refractivity (Wildman–Crippen MR) is 83.8 cm³/mol. The number of amides is 1. The minimum absolute atomic E-state index is 0.0967. The summed E-state index contributed by atoms with van der Waals surface area (Å²) in [5.41, 5.74) is 9.25. The Bertz CT molecular complexity index is 484. The topological polar surface area (TPSA) is 46.3 Å². The summed E-state index contributed by atoms with van der Waals surface area (Å²) in [6, 6.07) is 6.23. The highest BCUT2D eigenvalue weighted by Gasteiger charge is 2.32. The molecule has 110 valence electrons. The van der Waals surface area contributed by atoms with Crippen molar-refractivity contribution in [1.29, 1.82) is 0 Å². The maximum Gasteiger partial charge on any atom is 0.230 e. The van der Waals surface area contributed by atoms with E-state index in [0.29, 0.717) is 12.5 Å². The molecule has 3 nitrogen and oxygen atoms in total. The van der Waals surface area contributed by atoms with Crippen LogP contribution in [0.3, 0.4) is 0 Å². The molecule has 0 aliphatic heterocycles. The number of hydrogen-bond acceptors (Lipinski definition) is 2. The van der Waals surface area contributed by atoms with Crippen molar-refractivity contribution in [3.05, 3.63) is 29.3 Å². The van der Waals surface area contributed by atoms with Gasteiger partial charge in [-0.3, -0.25) is 4.79 Å². The van der Waals surface area contributed by atoms with Crippen molar-refractivity contribution in [2.75, 3.05) is 18.5 Å². The first-order valence-corrected chi connectivity index (χ1v) is 7.59. The highest BCUT2D eigenvalue weighted by molar-refractivity contribution is 5.95. The van der Waals surface area contributed by atoms with Crippen LogP contribution in [0.2, 0.25) is 0 Å². The Morgan fingerprint density at radius 3 is 2.65 bits per heavy atom. The number of rotatable bonds is 3. The van der Waals surface area contributed by atoms with Gasteiger partial charge in [-0.1, -0.05) is 30.5 Å². The number of nitrogens with zero attached hydrogens (tertiary/aromatic N) is 1. The van der Waals surface area contributed by atoms with E-state index in [0.717, 1.165) is 30.5 Å². The molecule has 2 unspecified atom stereocenters. The molecule has 0 saturated heterocycles. The Morgan fingerprint density at radius 1 is 1.30 bits per heavy atom. The van der Waals surface area contributed by atoms with Gasteiger partial charge in [0.15, 0.2) is 0 Å². The van der Waals surface area contributed by atoms with Crippen LogP contribution in [0.25, 0.3) is 0 Å². The van der Waals surface area contributed by atoms with E-state index in [4.69, 9.17) is 5.73 Å². The molecular formula is C17H26N2O. The van der Waals surface area contributed by atoms with Crippen LogP contribution in [0, 0.1) is 25.7 Å². The van der Waals surface area contributed by atoms with Gasteiger partial charge in [-0.05, 0) is 50.8 Å². The molecule has 0 spiro atoms. The molecule has 1 amide bonds. The van der Waals surface area contributed by atoms with Gasteiger partial charge >= 0.3 is 0 Å². The molecule has 0 radical (unpaired) electrons. The fraction of sp³-hybridized carbons (Fsp3) is 0.588. The van der Waals surface area contributed by atoms with Crippen molar-refractivity contribution in [2.45, 2.75) is 39.5 Å². The largest absolute Gasteiger partial charge is 0.330 e. The zero-order chi connectivity index (χ0) is 14.7. The standard InChI is InChI=1S/C17H26N2O/c1-12-8-9-16(13(2)10-12)19(3)17(20)15-7-5-4-6-14(15)11-18/h8-10,14-15H,4-7,11,18H2,1-3H3. The van der Waals surface area contributed by atoms with Crippen LogP contribution >= 0.6 is 0 Å². The Kier molecular flexibility index (Phi) is 4.81. The molecule has 1 aliphatic carbocycles. The van der Waals surface area contributed by atoms with E-state index in [1.807, 2.05) is 18.0 Å². The molecule has 20 heavy (non-hydrogen) atoms. The van der Waals surface area contributed by atoms with Crippen LogP contribution in [0.1, 0.15) is 36.8 Å². The third-order valence-electron chi connectivity index (χ3n) is 4.57. The smallest absolute Gasteiger partial charge is 0.230 e. The Labute approximate surface area is 122 Å². The molecule has 1 aromatic carbocycles. The van der Waals surface area contributed by atoms with Crippen LogP contribution in [0.4, 0.5) is 5.69 Å². The van der Waals surface area contributed by atoms with Gasteiger partial charge in [-0.25, -0.2) is 0 Å². The van der Waals surface area contributed by atoms with Crippen LogP contribution in [0.15, 0.2) is 18.2 Å². The average Bonchev–Trinajstić information content (AvgIpc) is 2.45. The summed E-state index contributed by atoms with van der Waals surface area (Å²) in [6.45, 7) is 4.76. The molecule has 1 fully saturated rings. The molecule has 2 atom stereocenters. The van der Waals surface area contributed by atoms with E-state index in [1.54, 1.807) is 0 Å². The summed E-state index contributed by atoms with van der Waals surface area (Å²) in [4.78, 5) is 14.6. The summed E-state index contributed by atoms with van der Waals surface area (Å²) in [6.07, 6.45) is 4.43. The van der Waals surface area contributed by atoms with E-state index in [1.165, 1.54) is 12.0 Å². The minimum atomic E-state index is 0.0967. The Hall–Kier alpha value is -1.35. The molecule has 0 aromatic heterocycles. The second-order valence-corrected chi connectivity index (χ2v) is 6.07. The molecule has 1 aromatic rings. The van der Waals surface area contributed by atoms with Gasteiger partial charge in [0.05, 0.1) is 0 Å². The van der Waals surface area contributed by atoms with E-state index < -0.39 is 0 Å². The van der Waals surface area contributed by atoms with Gasteiger partial charge in [-0.15, -0.1) is 0 Å². The lowest BCUT2D eigenvalue weighted by atomic mass is 9.78. The molecule has 2 N–H and O–H groups in total. The number of hydrogen-bond donors (Lipinski definition) is 1. The molecule has 1 aliphatic rings. The lowest BCUT2D eigenvalue weighted by molar-refractivity contribution is -0.124. The summed E-state index contributed by atoms with van der Waals surface area (Å²) < 4.78 is 0. The van der Waals surface area contributed by atoms with Gasteiger partial charge in [0, 0.05) is 18.7 Å². The number of nitrogens with two attached hydrogens (primary N) is 1. The summed E-state index contributed by atoms with van der Waals surface area (Å²) in [5.74, 6) is 0.677. The first-order valence-electron chi connectivity index (χ1n) is 7.59. The highest BCUT2D eigenvalue weighted by atomic mass is 16.2. The van der Waals surface area contributed by atoms with Crippen LogP contribution in [-0.4, -0.2) is 19.5 Å². The number of carbonyl (C=O) groups is 1. The number of carbonyl (C=O) groups excluding carboxylic acids is 1. The minimum Gasteiger partial charge on any atom is -0.330 e. The maximum atomic E-state index is 12.8. The van der Waals surface area contributed by atoms with E-state index in [-0.39, 0.29) is 11.8 Å². The lowest BCUT2D eigenvalue weighted by Crippen LogP contribution is -2.40.